The van der Waals surface area contributed by atoms with Gasteiger partial charge < -0.3 is 5.32 Å². The Bertz CT molecular complexity index is 771. The molecule has 4 heteroatoms. The zero-order valence-electron chi connectivity index (χ0n) is 12.4. The van der Waals surface area contributed by atoms with E-state index in [1.54, 1.807) is 6.08 Å². The number of rotatable bonds is 3. The third kappa shape index (κ3) is 4.06. The summed E-state index contributed by atoms with van der Waals surface area (Å²) in [6.45, 7) is 3.87. The van der Waals surface area contributed by atoms with Gasteiger partial charge in [-0.1, -0.05) is 40.2 Å². The van der Waals surface area contributed by atoms with Crippen molar-refractivity contribution in [3.8, 4) is 6.07 Å². The standard InChI is InChI=1S/C18H15BrN2O/c1-12-3-4-13(2)17(9-12)21-18(22)15(11-20)10-14-5-7-16(19)8-6-14/h3-10H,1-2H3,(H,21,22). The Morgan fingerprint density at radius 3 is 2.50 bits per heavy atom. The number of nitrogens with zero attached hydrogens (tertiary/aromatic N) is 1. The average Bonchev–Trinajstić information content (AvgIpc) is 2.50. The first-order valence-corrected chi connectivity index (χ1v) is 7.55. The Labute approximate surface area is 138 Å². The summed E-state index contributed by atoms with van der Waals surface area (Å²) in [4.78, 5) is 12.3. The minimum atomic E-state index is -0.404. The largest absolute Gasteiger partial charge is 0.321 e. The molecular weight excluding hydrogens is 340 g/mol. The summed E-state index contributed by atoms with van der Waals surface area (Å²) in [5, 5.41) is 12.0. The Morgan fingerprint density at radius 1 is 1.18 bits per heavy atom. The number of hydrogen-bond acceptors (Lipinski definition) is 2. The number of anilines is 1. The monoisotopic (exact) mass is 354 g/mol. The van der Waals surface area contributed by atoms with Crippen LogP contribution in [0.25, 0.3) is 6.08 Å². The van der Waals surface area contributed by atoms with Gasteiger partial charge in [-0.3, -0.25) is 4.79 Å². The third-order valence-electron chi connectivity index (χ3n) is 3.19. The van der Waals surface area contributed by atoms with E-state index >= 15 is 0 Å². The van der Waals surface area contributed by atoms with Gasteiger partial charge in [0.1, 0.15) is 11.6 Å². The van der Waals surface area contributed by atoms with E-state index < -0.39 is 5.91 Å². The summed E-state index contributed by atoms with van der Waals surface area (Å²) in [7, 11) is 0. The van der Waals surface area contributed by atoms with E-state index in [4.69, 9.17) is 0 Å². The third-order valence-corrected chi connectivity index (χ3v) is 3.72. The fraction of sp³-hybridized carbons (Fsp3) is 0.111. The van der Waals surface area contributed by atoms with Crippen LogP contribution in [0.1, 0.15) is 16.7 Å². The summed E-state index contributed by atoms with van der Waals surface area (Å²) >= 11 is 3.35. The van der Waals surface area contributed by atoms with Crippen LogP contribution in [0, 0.1) is 25.2 Å². The van der Waals surface area contributed by atoms with Crippen molar-refractivity contribution < 1.29 is 4.79 Å². The predicted molar refractivity (Wildman–Crippen MR) is 92.3 cm³/mol. The molecule has 110 valence electrons. The van der Waals surface area contributed by atoms with Crippen LogP contribution in [-0.2, 0) is 4.79 Å². The quantitative estimate of drug-likeness (QED) is 0.646. The van der Waals surface area contributed by atoms with Crippen molar-refractivity contribution in [2.75, 3.05) is 5.32 Å². The SMILES string of the molecule is Cc1ccc(C)c(NC(=O)C(C#N)=Cc2ccc(Br)cc2)c1. The lowest BCUT2D eigenvalue weighted by molar-refractivity contribution is -0.112. The molecule has 2 aromatic rings. The number of hydrogen-bond donors (Lipinski definition) is 1. The first-order chi connectivity index (χ1) is 10.5. The number of amides is 1. The molecule has 2 rings (SSSR count). The maximum atomic E-state index is 12.3. The van der Waals surface area contributed by atoms with E-state index in [-0.39, 0.29) is 5.57 Å². The number of carbonyl (C=O) groups excluding carboxylic acids is 1. The lowest BCUT2D eigenvalue weighted by Crippen LogP contribution is -2.14. The predicted octanol–water partition coefficient (Wildman–Crippen LogP) is 4.61. The number of halogens is 1. The molecule has 1 N–H and O–H groups in total. The molecule has 0 aliphatic heterocycles. The van der Waals surface area contributed by atoms with Crippen molar-refractivity contribution in [3.63, 3.8) is 0 Å². The molecule has 0 fully saturated rings. The van der Waals surface area contributed by atoms with Crippen LogP contribution in [0.4, 0.5) is 5.69 Å². The number of nitriles is 1. The molecule has 3 nitrogen and oxygen atoms in total. The van der Waals surface area contributed by atoms with Gasteiger partial charge in [0.05, 0.1) is 0 Å². The van der Waals surface area contributed by atoms with Gasteiger partial charge in [-0.05, 0) is 54.8 Å². The van der Waals surface area contributed by atoms with Gasteiger partial charge >= 0.3 is 0 Å². The molecule has 0 spiro atoms. The zero-order valence-corrected chi connectivity index (χ0v) is 13.9. The first kappa shape index (κ1) is 16.0. The van der Waals surface area contributed by atoms with Gasteiger partial charge in [0, 0.05) is 10.2 Å². The summed E-state index contributed by atoms with van der Waals surface area (Å²) in [5.41, 5.74) is 3.61. The molecule has 0 unspecified atom stereocenters. The van der Waals surface area contributed by atoms with Gasteiger partial charge in [0.15, 0.2) is 0 Å². The molecule has 0 saturated carbocycles. The summed E-state index contributed by atoms with van der Waals surface area (Å²) < 4.78 is 0.947. The van der Waals surface area contributed by atoms with Crippen molar-refractivity contribution in [2.45, 2.75) is 13.8 Å². The number of nitrogens with one attached hydrogen (secondary N) is 1. The van der Waals surface area contributed by atoms with E-state index in [0.29, 0.717) is 0 Å². The maximum absolute atomic E-state index is 12.3. The summed E-state index contributed by atoms with van der Waals surface area (Å²) in [6.07, 6.45) is 1.58. The van der Waals surface area contributed by atoms with Crippen molar-refractivity contribution in [3.05, 3.63) is 69.2 Å². The highest BCUT2D eigenvalue weighted by atomic mass is 79.9. The highest BCUT2D eigenvalue weighted by Crippen LogP contribution is 2.18. The molecule has 0 saturated heterocycles. The first-order valence-electron chi connectivity index (χ1n) is 6.75. The molecule has 1 amide bonds. The summed E-state index contributed by atoms with van der Waals surface area (Å²) in [6, 6.07) is 15.2. The number of aryl methyl sites for hydroxylation is 2. The second kappa shape index (κ2) is 7.06. The maximum Gasteiger partial charge on any atom is 0.266 e. The second-order valence-corrected chi connectivity index (χ2v) is 5.91. The molecule has 0 aliphatic carbocycles. The Hall–Kier alpha value is -2.38. The van der Waals surface area contributed by atoms with E-state index in [2.05, 4.69) is 21.2 Å². The van der Waals surface area contributed by atoms with Gasteiger partial charge in [-0.25, -0.2) is 0 Å². The zero-order chi connectivity index (χ0) is 16.1. The van der Waals surface area contributed by atoms with Crippen LogP contribution in [-0.4, -0.2) is 5.91 Å². The van der Waals surface area contributed by atoms with E-state index in [1.807, 2.05) is 62.4 Å². The fourth-order valence-electron chi connectivity index (χ4n) is 1.93. The van der Waals surface area contributed by atoms with Gasteiger partial charge in [0.25, 0.3) is 5.91 Å². The van der Waals surface area contributed by atoms with Crippen molar-refractivity contribution in [1.82, 2.24) is 0 Å². The molecule has 2 aromatic carbocycles. The molecular formula is C18H15BrN2O. The molecule has 0 atom stereocenters. The minimum absolute atomic E-state index is 0.0724. The van der Waals surface area contributed by atoms with Crippen LogP contribution in [0.3, 0.4) is 0 Å². The van der Waals surface area contributed by atoms with Crippen molar-refractivity contribution >= 4 is 33.6 Å². The lowest BCUT2D eigenvalue weighted by Gasteiger charge is -2.08. The van der Waals surface area contributed by atoms with Crippen LogP contribution >= 0.6 is 15.9 Å². The molecule has 22 heavy (non-hydrogen) atoms. The normalized spacial score (nSPS) is 10.9. The minimum Gasteiger partial charge on any atom is -0.321 e. The van der Waals surface area contributed by atoms with Gasteiger partial charge in [0.2, 0.25) is 0 Å². The fourth-order valence-corrected chi connectivity index (χ4v) is 2.20. The van der Waals surface area contributed by atoms with E-state index in [0.717, 1.165) is 26.9 Å². The average molecular weight is 355 g/mol. The van der Waals surface area contributed by atoms with Crippen LogP contribution in [0.2, 0.25) is 0 Å². The van der Waals surface area contributed by atoms with E-state index in [9.17, 15) is 10.1 Å². The number of benzene rings is 2. The second-order valence-electron chi connectivity index (χ2n) is 4.99. The highest BCUT2D eigenvalue weighted by Gasteiger charge is 2.11. The van der Waals surface area contributed by atoms with Gasteiger partial charge in [-0.15, -0.1) is 0 Å². The van der Waals surface area contributed by atoms with E-state index in [1.165, 1.54) is 0 Å². The van der Waals surface area contributed by atoms with Crippen molar-refractivity contribution in [1.29, 1.82) is 5.26 Å². The highest BCUT2D eigenvalue weighted by molar-refractivity contribution is 9.10. The Morgan fingerprint density at radius 2 is 1.86 bits per heavy atom. The topological polar surface area (TPSA) is 52.9 Å². The molecule has 0 aliphatic rings. The Balaban J connectivity index is 2.24. The van der Waals surface area contributed by atoms with Crippen LogP contribution < -0.4 is 5.32 Å². The summed E-state index contributed by atoms with van der Waals surface area (Å²) in [5.74, 6) is -0.404. The van der Waals surface area contributed by atoms with Crippen LogP contribution in [0.15, 0.2) is 52.5 Å². The molecule has 0 aromatic heterocycles. The smallest absolute Gasteiger partial charge is 0.266 e. The molecule has 0 bridgehead atoms. The Kier molecular flexibility index (Phi) is 5.13. The lowest BCUT2D eigenvalue weighted by atomic mass is 10.1. The molecule has 0 radical (unpaired) electrons. The molecule has 0 heterocycles. The van der Waals surface area contributed by atoms with Crippen LogP contribution in [0.5, 0.6) is 0 Å². The number of carbonyl (C=O) groups is 1. The van der Waals surface area contributed by atoms with Gasteiger partial charge in [-0.2, -0.15) is 5.26 Å². The van der Waals surface area contributed by atoms with Crippen molar-refractivity contribution in [2.24, 2.45) is 0 Å².